The van der Waals surface area contributed by atoms with Crippen molar-refractivity contribution in [3.8, 4) is 17.5 Å². The maximum atomic E-state index is 13.2. The molecule has 0 spiro atoms. The molecule has 420 valence electrons. The summed E-state index contributed by atoms with van der Waals surface area (Å²) in [5.41, 5.74) is 0.878. The molecule has 31 nitrogen and oxygen atoms in total. The van der Waals surface area contributed by atoms with E-state index in [9.17, 15) is 36.2 Å². The van der Waals surface area contributed by atoms with Crippen LogP contribution in [-0.2, 0) is 53.1 Å². The van der Waals surface area contributed by atoms with Crippen molar-refractivity contribution in [3.63, 3.8) is 0 Å². The van der Waals surface area contributed by atoms with E-state index in [1.54, 1.807) is 61.5 Å². The highest BCUT2D eigenvalue weighted by molar-refractivity contribution is 7.95. The summed E-state index contributed by atoms with van der Waals surface area (Å²) >= 11 is 1.73. The van der Waals surface area contributed by atoms with Gasteiger partial charge in [0.2, 0.25) is 11.9 Å². The molecule has 1 aromatic heterocycles. The van der Waals surface area contributed by atoms with Crippen molar-refractivity contribution in [2.45, 2.75) is 31.4 Å². The number of rotatable bonds is 25. The minimum absolute atomic E-state index is 0.00300. The number of azo groups is 3. The van der Waals surface area contributed by atoms with Crippen LogP contribution < -0.4 is 15.4 Å². The van der Waals surface area contributed by atoms with E-state index in [4.69, 9.17) is 25.2 Å². The van der Waals surface area contributed by atoms with Crippen molar-refractivity contribution in [3.05, 3.63) is 109 Å². The molecule has 9 N–H and O–H groups in total. The van der Waals surface area contributed by atoms with E-state index in [-0.39, 0.29) is 74.5 Å². The topological polar surface area (TPSA) is 433 Å². The second-order valence-corrected chi connectivity index (χ2v) is 20.5. The molecule has 0 saturated carbocycles. The lowest BCUT2D eigenvalue weighted by molar-refractivity contribution is -0.432. The van der Waals surface area contributed by atoms with E-state index in [2.05, 4.69) is 89.4 Å². The Bertz CT molecular complexity index is 3960. The van der Waals surface area contributed by atoms with Gasteiger partial charge in [-0.15, -0.1) is 38.6 Å². The molecule has 0 bridgehead atoms. The Labute approximate surface area is 467 Å². The fourth-order valence-corrected chi connectivity index (χ4v) is 9.69. The van der Waals surface area contributed by atoms with Gasteiger partial charge in [-0.3, -0.25) is 9.11 Å². The van der Waals surface area contributed by atoms with Gasteiger partial charge in [-0.1, -0.05) is 21.2 Å². The Morgan fingerprint density at radius 2 is 1.20 bits per heavy atom. The third-order valence-electron chi connectivity index (χ3n) is 10.4. The van der Waals surface area contributed by atoms with E-state index >= 15 is 0 Å². The predicted octanol–water partition coefficient (Wildman–Crippen LogP) is 12.8. The van der Waals surface area contributed by atoms with Crippen LogP contribution in [0.2, 0.25) is 0 Å². The zero-order valence-electron chi connectivity index (χ0n) is 40.7. The molecular weight excluding hydrogens is 1170 g/mol. The van der Waals surface area contributed by atoms with E-state index in [1.807, 2.05) is 0 Å². The number of phenolic OH excluding ortho intramolecular Hbond substituents is 1. The molecule has 8 aromatic rings. The van der Waals surface area contributed by atoms with Crippen molar-refractivity contribution in [2.24, 2.45) is 35.7 Å². The van der Waals surface area contributed by atoms with Crippen molar-refractivity contribution in [1.29, 1.82) is 0 Å². The van der Waals surface area contributed by atoms with Crippen LogP contribution in [0.25, 0.3) is 21.5 Å². The van der Waals surface area contributed by atoms with Gasteiger partial charge in [0.05, 0.1) is 88.1 Å². The van der Waals surface area contributed by atoms with Gasteiger partial charge in [0.25, 0.3) is 20.2 Å². The SMILES string of the molecule is CCOc1cc(N=Nc2ccc(N=Nc3ccc(SOOO)cc3)c3cc(SOOO)ccc23)c(/N=C\OC)cc1N=Nc1c(SOOO)cc2c(S(=O)(=O)O)c(Nc3nc(O)nc(Nc4ccc(S(=O)(=O)O)cc4)n3)ccc2c1O. The summed E-state index contributed by atoms with van der Waals surface area (Å²) in [6.07, 6.45) is 1.11. The van der Waals surface area contributed by atoms with Gasteiger partial charge in [-0.2, -0.15) is 36.9 Å². The Morgan fingerprint density at radius 3 is 1.86 bits per heavy atom. The van der Waals surface area contributed by atoms with Crippen LogP contribution in [0.5, 0.6) is 17.5 Å². The fraction of sp³-hybridized carbons (Fsp3) is 0.0667. The largest absolute Gasteiger partial charge is 0.505 e. The Kier molecular flexibility index (Phi) is 19.6. The molecular formula is C45H36N12O19S5. The molecule has 0 fully saturated rings. The van der Waals surface area contributed by atoms with Gasteiger partial charge >= 0.3 is 6.01 Å². The smallest absolute Gasteiger partial charge is 0.320 e. The molecule has 0 unspecified atom stereocenters. The highest BCUT2D eigenvalue weighted by Gasteiger charge is 2.26. The summed E-state index contributed by atoms with van der Waals surface area (Å²) < 4.78 is 94.0. The number of phenols is 1. The van der Waals surface area contributed by atoms with Gasteiger partial charge in [-0.25, -0.2) is 20.8 Å². The lowest BCUT2D eigenvalue weighted by Crippen LogP contribution is -2.08. The van der Waals surface area contributed by atoms with E-state index in [0.29, 0.717) is 49.7 Å². The Balaban J connectivity index is 1.14. The number of aromatic hydroxyl groups is 2. The van der Waals surface area contributed by atoms with Gasteiger partial charge in [0.15, 0.2) is 12.2 Å². The molecule has 0 radical (unpaired) electrons. The minimum atomic E-state index is -5.24. The minimum Gasteiger partial charge on any atom is -0.505 e. The first-order valence-corrected chi connectivity index (χ1v) is 27.2. The normalized spacial score (nSPS) is 12.2. The van der Waals surface area contributed by atoms with Gasteiger partial charge < -0.3 is 30.3 Å². The second-order valence-electron chi connectivity index (χ2n) is 15.4. The van der Waals surface area contributed by atoms with Gasteiger partial charge in [0.1, 0.15) is 27.7 Å². The molecule has 0 atom stereocenters. The third kappa shape index (κ3) is 15.0. The predicted molar refractivity (Wildman–Crippen MR) is 287 cm³/mol. The number of hydrogen-bond acceptors (Lipinski definition) is 32. The van der Waals surface area contributed by atoms with Crippen LogP contribution >= 0.6 is 36.1 Å². The number of aromatic nitrogens is 3. The zero-order valence-corrected chi connectivity index (χ0v) is 44.8. The van der Waals surface area contributed by atoms with Crippen molar-refractivity contribution >= 4 is 147 Å². The maximum absolute atomic E-state index is 13.2. The van der Waals surface area contributed by atoms with Crippen LogP contribution in [0, 0.1) is 0 Å². The van der Waals surface area contributed by atoms with Crippen molar-refractivity contribution < 1.29 is 89.5 Å². The standard InChI is InChI=1S/C45H36N12O19S5/c1-3-70-38-21-36(55-54-32-16-17-33(30-18-26(78-75-72-61)10-13-28(30)32)53-52-24-4-8-25(9-5-24)77-74-71-60)35(46-22-69-2)20-37(38)56-57-40-39(79-76-73-62)19-31-29(41(40)58)14-15-34(42(31)81(66,67)68)48-44-49-43(50-45(59)51-44)47-23-6-11-27(12-7-23)80(63,64)65/h4-22,58,60-62H,3H2,1-2H3,(H,63,64,65)(H,66,67,68)(H3,47,48,49,50,51,59)/b46-22-,53-52?,55-54?,57-56?. The van der Waals surface area contributed by atoms with Crippen LogP contribution in [-0.4, -0.2) is 87.0 Å². The van der Waals surface area contributed by atoms with Crippen molar-refractivity contribution in [2.75, 3.05) is 24.4 Å². The molecule has 0 aliphatic carbocycles. The first-order valence-electron chi connectivity index (χ1n) is 22.1. The van der Waals surface area contributed by atoms with E-state index in [0.717, 1.165) is 42.7 Å². The Morgan fingerprint density at radius 1 is 0.580 bits per heavy atom. The quantitative estimate of drug-likeness (QED) is 0.00488. The number of hydrogen-bond donors (Lipinski definition) is 9. The molecule has 36 heteroatoms. The molecule has 0 aliphatic rings. The number of nitrogens with zero attached hydrogens (tertiary/aromatic N) is 10. The highest BCUT2D eigenvalue weighted by atomic mass is 32.2. The number of ether oxygens (including phenoxy) is 2. The lowest BCUT2D eigenvalue weighted by Gasteiger charge is -2.15. The number of fused-ring (bicyclic) bond motifs is 2. The maximum Gasteiger partial charge on any atom is 0.320 e. The third-order valence-corrected chi connectivity index (χ3v) is 14.0. The summed E-state index contributed by atoms with van der Waals surface area (Å²) in [4.78, 5) is 15.6. The lowest BCUT2D eigenvalue weighted by atomic mass is 10.1. The average molecular weight is 1210 g/mol. The molecule has 0 aliphatic heterocycles. The van der Waals surface area contributed by atoms with Gasteiger partial charge in [0, 0.05) is 43.1 Å². The summed E-state index contributed by atoms with van der Waals surface area (Å²) in [5.74, 6) is -1.45. The number of aliphatic imine (C=N–C) groups is 1. The van der Waals surface area contributed by atoms with Crippen molar-refractivity contribution in [1.82, 2.24) is 15.0 Å². The molecule has 1 heterocycles. The van der Waals surface area contributed by atoms with Crippen LogP contribution in [0.1, 0.15) is 6.92 Å². The van der Waals surface area contributed by atoms with Crippen LogP contribution in [0.15, 0.2) is 169 Å². The molecule has 8 rings (SSSR count). The second kappa shape index (κ2) is 26.9. The van der Waals surface area contributed by atoms with E-state index < -0.39 is 53.4 Å². The number of benzene rings is 7. The first-order chi connectivity index (χ1) is 39.0. The Hall–Kier alpha value is -8.15. The summed E-state index contributed by atoms with van der Waals surface area (Å²) in [6.45, 7) is 1.78. The van der Waals surface area contributed by atoms with E-state index in [1.165, 1.54) is 37.4 Å². The highest BCUT2D eigenvalue weighted by Crippen LogP contribution is 2.49. The summed E-state index contributed by atoms with van der Waals surface area (Å²) in [7, 11) is -8.40. The monoisotopic (exact) mass is 1210 g/mol. The summed E-state index contributed by atoms with van der Waals surface area (Å²) in [6, 6.07) is 25.0. The first kappa shape index (κ1) is 59.0. The van der Waals surface area contributed by atoms with Gasteiger partial charge in [-0.05, 0) is 104 Å². The number of nitrogens with one attached hydrogen (secondary N) is 2. The number of anilines is 4. The van der Waals surface area contributed by atoms with Crippen LogP contribution in [0.3, 0.4) is 0 Å². The molecule has 0 saturated heterocycles. The fourth-order valence-electron chi connectivity index (χ4n) is 7.13. The number of methoxy groups -OCH3 is 1. The molecule has 0 amide bonds. The summed E-state index contributed by atoms with van der Waals surface area (Å²) in [5, 5.41) is 91.9. The molecule has 7 aromatic carbocycles. The zero-order chi connectivity index (χ0) is 57.7. The average Bonchev–Trinajstić information content (AvgIpc) is 3.52. The van der Waals surface area contributed by atoms with Crippen LogP contribution in [0.4, 0.5) is 63.1 Å². The molecule has 81 heavy (non-hydrogen) atoms.